The molecule has 1 saturated heterocycles. The van der Waals surface area contributed by atoms with Gasteiger partial charge in [0, 0.05) is 13.1 Å². The monoisotopic (exact) mass is 183 g/mol. The summed E-state index contributed by atoms with van der Waals surface area (Å²) < 4.78 is 0. The van der Waals surface area contributed by atoms with E-state index in [4.69, 9.17) is 0 Å². The van der Waals surface area contributed by atoms with Gasteiger partial charge in [0.25, 0.3) is 0 Å². The summed E-state index contributed by atoms with van der Waals surface area (Å²) in [6.45, 7) is 7.19. The van der Waals surface area contributed by atoms with Crippen LogP contribution in [0.5, 0.6) is 0 Å². The molecule has 0 bridgehead atoms. The predicted octanol–water partition coefficient (Wildman–Crippen LogP) is 1.80. The highest BCUT2D eigenvalue weighted by atomic mass is 16.3. The molecule has 1 N–H and O–H groups in total. The lowest BCUT2D eigenvalue weighted by molar-refractivity contribution is 0.0450. The third-order valence-corrected chi connectivity index (χ3v) is 2.76. The molecule has 2 heteroatoms. The van der Waals surface area contributed by atoms with Crippen LogP contribution >= 0.6 is 0 Å². The van der Waals surface area contributed by atoms with Gasteiger partial charge >= 0.3 is 0 Å². The fraction of sp³-hybridized carbons (Fsp3) is 0.818. The Kier molecular flexibility index (Phi) is 3.94. The first-order valence-corrected chi connectivity index (χ1v) is 5.20. The summed E-state index contributed by atoms with van der Waals surface area (Å²) in [5.74, 6) is 0. The van der Waals surface area contributed by atoms with Gasteiger partial charge in [-0.3, -0.25) is 4.90 Å². The van der Waals surface area contributed by atoms with Crippen molar-refractivity contribution in [3.63, 3.8) is 0 Å². The van der Waals surface area contributed by atoms with E-state index in [0.29, 0.717) is 0 Å². The number of nitrogens with zero attached hydrogens (tertiary/aromatic N) is 1. The van der Waals surface area contributed by atoms with E-state index < -0.39 is 5.60 Å². The Labute approximate surface area is 81.2 Å². The van der Waals surface area contributed by atoms with Crippen molar-refractivity contribution in [3.8, 4) is 0 Å². The summed E-state index contributed by atoms with van der Waals surface area (Å²) in [5, 5.41) is 9.85. The molecule has 1 atom stereocenters. The van der Waals surface area contributed by atoms with Crippen LogP contribution < -0.4 is 0 Å². The van der Waals surface area contributed by atoms with Crippen molar-refractivity contribution < 1.29 is 5.11 Å². The van der Waals surface area contributed by atoms with Crippen LogP contribution in [0.3, 0.4) is 0 Å². The fourth-order valence-electron chi connectivity index (χ4n) is 1.76. The van der Waals surface area contributed by atoms with Crippen molar-refractivity contribution in [2.45, 2.75) is 38.7 Å². The summed E-state index contributed by atoms with van der Waals surface area (Å²) >= 11 is 0. The molecule has 0 spiro atoms. The Morgan fingerprint density at radius 3 is 2.85 bits per heavy atom. The first-order chi connectivity index (χ1) is 6.14. The zero-order valence-electron chi connectivity index (χ0n) is 8.79. The van der Waals surface area contributed by atoms with Crippen molar-refractivity contribution in [3.05, 3.63) is 12.2 Å². The standard InChI is InChI=1S/C11H21NO/c1-3-4-8-12-9-5-6-11(2,13)7-10-12/h3-4,13H,5-10H2,1-2H3/b4-3+. The van der Waals surface area contributed by atoms with E-state index in [1.807, 2.05) is 13.8 Å². The Morgan fingerprint density at radius 1 is 1.38 bits per heavy atom. The van der Waals surface area contributed by atoms with E-state index >= 15 is 0 Å². The molecule has 0 aromatic rings. The lowest BCUT2D eigenvalue weighted by atomic mass is 9.98. The predicted molar refractivity (Wildman–Crippen MR) is 55.7 cm³/mol. The molecule has 1 aliphatic rings. The number of hydrogen-bond donors (Lipinski definition) is 1. The van der Waals surface area contributed by atoms with Gasteiger partial charge < -0.3 is 5.11 Å². The maximum atomic E-state index is 9.85. The average molecular weight is 183 g/mol. The maximum Gasteiger partial charge on any atom is 0.0632 e. The quantitative estimate of drug-likeness (QED) is 0.660. The molecule has 0 radical (unpaired) electrons. The molecule has 0 aromatic heterocycles. The number of likely N-dealkylation sites (tertiary alicyclic amines) is 1. The Bertz CT molecular complexity index is 175. The van der Waals surface area contributed by atoms with Crippen LogP contribution in [-0.2, 0) is 0 Å². The van der Waals surface area contributed by atoms with E-state index in [2.05, 4.69) is 17.1 Å². The topological polar surface area (TPSA) is 23.5 Å². The highest BCUT2D eigenvalue weighted by molar-refractivity contribution is 4.85. The van der Waals surface area contributed by atoms with Gasteiger partial charge in [0.15, 0.2) is 0 Å². The molecular weight excluding hydrogens is 162 g/mol. The highest BCUT2D eigenvalue weighted by Crippen LogP contribution is 2.20. The molecule has 13 heavy (non-hydrogen) atoms. The van der Waals surface area contributed by atoms with Gasteiger partial charge in [-0.15, -0.1) is 0 Å². The second-order valence-corrected chi connectivity index (χ2v) is 4.22. The van der Waals surface area contributed by atoms with E-state index in [9.17, 15) is 5.11 Å². The number of aliphatic hydroxyl groups is 1. The van der Waals surface area contributed by atoms with Crippen LogP contribution in [0.2, 0.25) is 0 Å². The molecule has 2 nitrogen and oxygen atoms in total. The Hall–Kier alpha value is -0.340. The van der Waals surface area contributed by atoms with Crippen molar-refractivity contribution in [1.29, 1.82) is 0 Å². The molecule has 0 aromatic carbocycles. The second kappa shape index (κ2) is 4.77. The Morgan fingerprint density at radius 2 is 2.15 bits per heavy atom. The minimum atomic E-state index is -0.426. The number of hydrogen-bond acceptors (Lipinski definition) is 2. The number of allylic oxidation sites excluding steroid dienone is 1. The number of rotatable bonds is 2. The van der Waals surface area contributed by atoms with Crippen molar-refractivity contribution in [2.24, 2.45) is 0 Å². The van der Waals surface area contributed by atoms with E-state index in [0.717, 1.165) is 38.9 Å². The van der Waals surface area contributed by atoms with Gasteiger partial charge in [0.2, 0.25) is 0 Å². The van der Waals surface area contributed by atoms with Crippen LogP contribution in [0.25, 0.3) is 0 Å². The molecule has 0 saturated carbocycles. The van der Waals surface area contributed by atoms with Gasteiger partial charge in [-0.25, -0.2) is 0 Å². The molecule has 1 heterocycles. The first kappa shape index (κ1) is 10.7. The lowest BCUT2D eigenvalue weighted by Crippen LogP contribution is -2.28. The SMILES string of the molecule is C/C=C/CN1CCCC(C)(O)CC1. The van der Waals surface area contributed by atoms with Crippen LogP contribution in [0.1, 0.15) is 33.1 Å². The van der Waals surface area contributed by atoms with E-state index in [1.165, 1.54) is 0 Å². The zero-order valence-corrected chi connectivity index (χ0v) is 8.79. The first-order valence-electron chi connectivity index (χ1n) is 5.20. The highest BCUT2D eigenvalue weighted by Gasteiger charge is 2.24. The summed E-state index contributed by atoms with van der Waals surface area (Å²) in [6.07, 6.45) is 7.23. The van der Waals surface area contributed by atoms with E-state index in [-0.39, 0.29) is 0 Å². The fourth-order valence-corrected chi connectivity index (χ4v) is 1.76. The van der Waals surface area contributed by atoms with Gasteiger partial charge in [-0.1, -0.05) is 12.2 Å². The molecule has 1 rings (SSSR count). The van der Waals surface area contributed by atoms with Crippen molar-refractivity contribution in [1.82, 2.24) is 4.90 Å². The normalized spacial score (nSPS) is 32.2. The van der Waals surface area contributed by atoms with Crippen LogP contribution in [0, 0.1) is 0 Å². The summed E-state index contributed by atoms with van der Waals surface area (Å²) in [5.41, 5.74) is -0.426. The molecule has 0 amide bonds. The summed E-state index contributed by atoms with van der Waals surface area (Å²) in [4.78, 5) is 2.40. The third kappa shape index (κ3) is 3.92. The average Bonchev–Trinajstić information content (AvgIpc) is 2.23. The van der Waals surface area contributed by atoms with Crippen LogP contribution in [0.15, 0.2) is 12.2 Å². The van der Waals surface area contributed by atoms with Gasteiger partial charge in [0.1, 0.15) is 0 Å². The van der Waals surface area contributed by atoms with Gasteiger partial charge in [-0.2, -0.15) is 0 Å². The van der Waals surface area contributed by atoms with Crippen LogP contribution in [0.4, 0.5) is 0 Å². The smallest absolute Gasteiger partial charge is 0.0632 e. The van der Waals surface area contributed by atoms with Crippen molar-refractivity contribution >= 4 is 0 Å². The van der Waals surface area contributed by atoms with E-state index in [1.54, 1.807) is 0 Å². The summed E-state index contributed by atoms with van der Waals surface area (Å²) in [7, 11) is 0. The largest absolute Gasteiger partial charge is 0.390 e. The van der Waals surface area contributed by atoms with Gasteiger partial charge in [0.05, 0.1) is 5.60 Å². The molecule has 1 aliphatic heterocycles. The molecule has 1 fully saturated rings. The maximum absolute atomic E-state index is 9.85. The molecule has 76 valence electrons. The molecule has 0 aliphatic carbocycles. The van der Waals surface area contributed by atoms with Crippen LogP contribution in [-0.4, -0.2) is 35.2 Å². The second-order valence-electron chi connectivity index (χ2n) is 4.22. The zero-order chi connectivity index (χ0) is 9.73. The minimum Gasteiger partial charge on any atom is -0.390 e. The Balaban J connectivity index is 2.36. The molecular formula is C11H21NO. The minimum absolute atomic E-state index is 0.426. The van der Waals surface area contributed by atoms with Crippen molar-refractivity contribution in [2.75, 3.05) is 19.6 Å². The third-order valence-electron chi connectivity index (χ3n) is 2.76. The lowest BCUT2D eigenvalue weighted by Gasteiger charge is -2.21. The van der Waals surface area contributed by atoms with Gasteiger partial charge in [-0.05, 0) is 39.7 Å². The molecule has 1 unspecified atom stereocenters. The summed E-state index contributed by atoms with van der Waals surface area (Å²) in [6, 6.07) is 0.